The number of hydrogen-bond donors (Lipinski definition) is 1. The normalized spacial score (nSPS) is 18.6. The Balaban J connectivity index is 1.47. The van der Waals surface area contributed by atoms with Crippen molar-refractivity contribution in [3.63, 3.8) is 0 Å². The third kappa shape index (κ3) is 2.95. The molecule has 26 heavy (non-hydrogen) atoms. The van der Waals surface area contributed by atoms with Crippen LogP contribution in [0.25, 0.3) is 22.2 Å². The molecule has 1 saturated carbocycles. The van der Waals surface area contributed by atoms with Gasteiger partial charge in [-0.3, -0.25) is 10.1 Å². The van der Waals surface area contributed by atoms with Gasteiger partial charge in [0, 0.05) is 54.9 Å². The molecular formula is C19H22N6S. The summed E-state index contributed by atoms with van der Waals surface area (Å²) in [6.07, 6.45) is 8.47. The highest BCUT2D eigenvalue weighted by atomic mass is 32.2. The van der Waals surface area contributed by atoms with Gasteiger partial charge in [0.1, 0.15) is 11.5 Å². The van der Waals surface area contributed by atoms with Crippen LogP contribution in [0.15, 0.2) is 30.6 Å². The van der Waals surface area contributed by atoms with Crippen LogP contribution in [0.4, 0.5) is 5.82 Å². The molecule has 0 unspecified atom stereocenters. The van der Waals surface area contributed by atoms with Crippen LogP contribution in [0.5, 0.6) is 0 Å². The Hall–Kier alpha value is -2.12. The fourth-order valence-electron chi connectivity index (χ4n) is 3.59. The number of pyridine rings is 2. The van der Waals surface area contributed by atoms with Gasteiger partial charge in [0.05, 0.1) is 11.7 Å². The number of fused-ring (bicyclic) bond motifs is 1. The van der Waals surface area contributed by atoms with E-state index in [0.717, 1.165) is 54.2 Å². The summed E-state index contributed by atoms with van der Waals surface area (Å²) in [5, 5.41) is 8.86. The first-order valence-electron chi connectivity index (χ1n) is 9.16. The molecule has 7 heteroatoms. The van der Waals surface area contributed by atoms with Crippen molar-refractivity contribution >= 4 is 28.7 Å². The summed E-state index contributed by atoms with van der Waals surface area (Å²) >= 11 is 1.82. The minimum atomic E-state index is 0.642. The molecule has 2 fully saturated rings. The van der Waals surface area contributed by atoms with Gasteiger partial charge in [-0.15, -0.1) is 0 Å². The van der Waals surface area contributed by atoms with E-state index in [1.165, 1.54) is 18.5 Å². The molecule has 6 nitrogen and oxygen atoms in total. The molecule has 0 atom stereocenters. The fourth-order valence-corrected chi connectivity index (χ4v) is 4.12. The summed E-state index contributed by atoms with van der Waals surface area (Å²) in [6.45, 7) is 4.15. The van der Waals surface area contributed by atoms with Gasteiger partial charge in [-0.25, -0.2) is 9.29 Å². The quantitative estimate of drug-likeness (QED) is 0.715. The topological polar surface area (TPSA) is 60.9 Å². The maximum atomic E-state index is 4.61. The highest BCUT2D eigenvalue weighted by Crippen LogP contribution is 2.40. The van der Waals surface area contributed by atoms with E-state index < -0.39 is 0 Å². The number of H-pyrrole nitrogens is 1. The van der Waals surface area contributed by atoms with Crippen molar-refractivity contribution in [1.82, 2.24) is 24.5 Å². The summed E-state index contributed by atoms with van der Waals surface area (Å²) in [7, 11) is 0. The maximum Gasteiger partial charge on any atom is 0.129 e. The molecule has 134 valence electrons. The molecule has 3 aromatic rings. The second-order valence-electron chi connectivity index (χ2n) is 7.00. The largest absolute Gasteiger partial charge is 0.354 e. The van der Waals surface area contributed by atoms with Crippen LogP contribution in [-0.2, 0) is 0 Å². The van der Waals surface area contributed by atoms with Crippen LogP contribution in [-0.4, -0.2) is 56.9 Å². The Kier molecular flexibility index (Phi) is 4.05. The molecule has 0 aromatic carbocycles. The number of hydrogen-bond acceptors (Lipinski definition) is 6. The van der Waals surface area contributed by atoms with Crippen LogP contribution in [0, 0.1) is 0 Å². The number of aromatic nitrogens is 4. The molecule has 2 aliphatic rings. The van der Waals surface area contributed by atoms with Crippen LogP contribution < -0.4 is 4.90 Å². The molecule has 1 aliphatic heterocycles. The Morgan fingerprint density at radius 2 is 1.96 bits per heavy atom. The van der Waals surface area contributed by atoms with Crippen molar-refractivity contribution in [2.24, 2.45) is 0 Å². The zero-order chi connectivity index (χ0) is 17.5. The lowest BCUT2D eigenvalue weighted by molar-refractivity contribution is 0.429. The van der Waals surface area contributed by atoms with Crippen molar-refractivity contribution in [2.45, 2.75) is 18.8 Å². The Labute approximate surface area is 157 Å². The first kappa shape index (κ1) is 16.1. The van der Waals surface area contributed by atoms with Crippen molar-refractivity contribution in [1.29, 1.82) is 0 Å². The third-order valence-corrected chi connectivity index (χ3v) is 6.19. The predicted octanol–water partition coefficient (Wildman–Crippen LogP) is 3.30. The number of nitrogens with one attached hydrogen (secondary N) is 1. The van der Waals surface area contributed by atoms with E-state index in [1.807, 2.05) is 24.3 Å². The summed E-state index contributed by atoms with van der Waals surface area (Å²) in [5.41, 5.74) is 4.30. The van der Waals surface area contributed by atoms with Gasteiger partial charge >= 0.3 is 0 Å². The van der Waals surface area contributed by atoms with Crippen LogP contribution in [0.1, 0.15) is 24.5 Å². The van der Waals surface area contributed by atoms with Gasteiger partial charge in [-0.05, 0) is 37.3 Å². The van der Waals surface area contributed by atoms with Gasteiger partial charge in [0.25, 0.3) is 0 Å². The van der Waals surface area contributed by atoms with Crippen LogP contribution >= 0.6 is 11.9 Å². The highest BCUT2D eigenvalue weighted by molar-refractivity contribution is 7.96. The molecular weight excluding hydrogens is 344 g/mol. The molecule has 1 saturated heterocycles. The maximum absolute atomic E-state index is 4.61. The number of aromatic amines is 1. The summed E-state index contributed by atoms with van der Waals surface area (Å²) < 4.78 is 2.40. The summed E-state index contributed by atoms with van der Waals surface area (Å²) in [4.78, 5) is 11.6. The number of anilines is 1. The molecule has 0 amide bonds. The van der Waals surface area contributed by atoms with E-state index in [0.29, 0.717) is 5.92 Å². The van der Waals surface area contributed by atoms with E-state index in [2.05, 4.69) is 53.8 Å². The Morgan fingerprint density at radius 3 is 2.73 bits per heavy atom. The van der Waals surface area contributed by atoms with Crippen LogP contribution in [0.2, 0.25) is 0 Å². The average Bonchev–Trinajstić information content (AvgIpc) is 3.47. The first-order chi connectivity index (χ1) is 12.8. The second-order valence-corrected chi connectivity index (χ2v) is 7.88. The van der Waals surface area contributed by atoms with E-state index in [4.69, 9.17) is 0 Å². The molecule has 3 aromatic heterocycles. The minimum absolute atomic E-state index is 0.642. The number of piperazine rings is 1. The van der Waals surface area contributed by atoms with Crippen molar-refractivity contribution in [2.75, 3.05) is 37.3 Å². The molecule has 1 aliphatic carbocycles. The molecule has 5 rings (SSSR count). The number of rotatable bonds is 4. The Bertz CT molecular complexity index is 927. The van der Waals surface area contributed by atoms with E-state index in [1.54, 1.807) is 0 Å². The number of nitrogens with zero attached hydrogens (tertiary/aromatic N) is 5. The monoisotopic (exact) mass is 366 g/mol. The minimum Gasteiger partial charge on any atom is -0.354 e. The lowest BCUT2D eigenvalue weighted by Crippen LogP contribution is -2.43. The molecule has 0 bridgehead atoms. The van der Waals surface area contributed by atoms with E-state index in [-0.39, 0.29) is 0 Å². The van der Waals surface area contributed by atoms with Gasteiger partial charge in [0.15, 0.2) is 0 Å². The zero-order valence-electron chi connectivity index (χ0n) is 14.9. The predicted molar refractivity (Wildman–Crippen MR) is 106 cm³/mol. The van der Waals surface area contributed by atoms with Crippen molar-refractivity contribution in [3.8, 4) is 11.3 Å². The van der Waals surface area contributed by atoms with Gasteiger partial charge < -0.3 is 4.90 Å². The van der Waals surface area contributed by atoms with Gasteiger partial charge in [-0.2, -0.15) is 5.10 Å². The highest BCUT2D eigenvalue weighted by Gasteiger charge is 2.26. The molecule has 0 radical (unpaired) electrons. The third-order valence-electron chi connectivity index (χ3n) is 5.30. The SMILES string of the molecule is CSN1CCN(c2cc(-c3n[nH]c4cnc(C5CC5)cc34)ccn2)CC1. The lowest BCUT2D eigenvalue weighted by atomic mass is 10.1. The van der Waals surface area contributed by atoms with Crippen molar-refractivity contribution < 1.29 is 0 Å². The smallest absolute Gasteiger partial charge is 0.129 e. The average molecular weight is 366 g/mol. The molecule has 4 heterocycles. The molecule has 1 N–H and O–H groups in total. The zero-order valence-corrected chi connectivity index (χ0v) is 15.7. The van der Waals surface area contributed by atoms with Crippen LogP contribution in [0.3, 0.4) is 0 Å². The van der Waals surface area contributed by atoms with E-state index >= 15 is 0 Å². The van der Waals surface area contributed by atoms with E-state index in [9.17, 15) is 0 Å². The molecule has 0 spiro atoms. The summed E-state index contributed by atoms with van der Waals surface area (Å²) in [5.74, 6) is 1.68. The summed E-state index contributed by atoms with van der Waals surface area (Å²) in [6, 6.07) is 6.43. The lowest BCUT2D eigenvalue weighted by Gasteiger charge is -2.34. The van der Waals surface area contributed by atoms with Gasteiger partial charge in [0.2, 0.25) is 0 Å². The standard InChI is InChI=1S/C19H22N6S/c1-26-25-8-6-24(7-9-25)18-10-14(4-5-20-18)19-15-11-16(13-2-3-13)21-12-17(15)22-23-19/h4-5,10-13H,2-3,6-9H2,1H3,(H,22,23). The first-order valence-corrected chi connectivity index (χ1v) is 10.3. The van der Waals surface area contributed by atoms with Gasteiger partial charge in [-0.1, -0.05) is 11.9 Å². The Morgan fingerprint density at radius 1 is 1.12 bits per heavy atom. The fraction of sp³-hybridized carbons (Fsp3) is 0.421. The van der Waals surface area contributed by atoms with Crippen molar-refractivity contribution in [3.05, 3.63) is 36.3 Å². The second kappa shape index (κ2) is 6.55.